The molecule has 1 aromatic rings. The van der Waals surface area contributed by atoms with E-state index in [0.29, 0.717) is 17.4 Å². The predicted octanol–water partition coefficient (Wildman–Crippen LogP) is 2.05. The Morgan fingerprint density at radius 2 is 2.05 bits per heavy atom. The molecule has 1 amide bonds. The number of carbonyl (C=O) groups excluding carboxylic acids is 1. The number of benzene rings is 1. The molecule has 0 aromatic heterocycles. The number of nitrogens with zero attached hydrogens (tertiary/aromatic N) is 1. The van der Waals surface area contributed by atoms with Crippen molar-refractivity contribution in [1.29, 1.82) is 0 Å². The lowest BCUT2D eigenvalue weighted by molar-refractivity contribution is -0.898. The lowest BCUT2D eigenvalue weighted by Gasteiger charge is -2.33. The second-order valence-corrected chi connectivity index (χ2v) is 6.81. The molecule has 2 rings (SSSR count). The highest BCUT2D eigenvalue weighted by atomic mass is 35.5. The number of halogens is 1. The number of carbonyl (C=O) groups is 1. The van der Waals surface area contributed by atoms with Crippen molar-refractivity contribution in [2.45, 2.75) is 27.2 Å². The molecule has 4 nitrogen and oxygen atoms in total. The van der Waals surface area contributed by atoms with Gasteiger partial charge in [0.25, 0.3) is 0 Å². The van der Waals surface area contributed by atoms with E-state index in [4.69, 9.17) is 11.6 Å². The molecule has 0 spiro atoms. The number of anilines is 2. The predicted molar refractivity (Wildman–Crippen MR) is 93.0 cm³/mol. The zero-order chi connectivity index (χ0) is 16.1. The van der Waals surface area contributed by atoms with Gasteiger partial charge in [0.15, 0.2) is 0 Å². The first kappa shape index (κ1) is 17.1. The summed E-state index contributed by atoms with van der Waals surface area (Å²) >= 11 is 6.42. The summed E-state index contributed by atoms with van der Waals surface area (Å²) in [4.78, 5) is 15.8. The Balaban J connectivity index is 1.99. The van der Waals surface area contributed by atoms with Gasteiger partial charge in [0, 0.05) is 12.1 Å². The lowest BCUT2D eigenvalue weighted by atomic mass is 10.1. The minimum Gasteiger partial charge on any atom is -0.359 e. The van der Waals surface area contributed by atoms with Crippen LogP contribution in [0.15, 0.2) is 18.2 Å². The number of hydrogen-bond acceptors (Lipinski definition) is 2. The molecule has 0 aliphatic carbocycles. The fraction of sp³-hybridized carbons (Fsp3) is 0.588. The topological polar surface area (TPSA) is 36.8 Å². The quantitative estimate of drug-likeness (QED) is 0.870. The van der Waals surface area contributed by atoms with Gasteiger partial charge in [0.1, 0.15) is 0 Å². The molecule has 0 unspecified atom stereocenters. The number of quaternary nitrogens is 1. The van der Waals surface area contributed by atoms with E-state index in [1.807, 2.05) is 32.0 Å². The molecule has 122 valence electrons. The zero-order valence-corrected chi connectivity index (χ0v) is 14.5. The van der Waals surface area contributed by atoms with Gasteiger partial charge in [-0.2, -0.15) is 0 Å². The Morgan fingerprint density at radius 3 is 2.59 bits per heavy atom. The monoisotopic (exact) mass is 324 g/mol. The molecule has 2 N–H and O–H groups in total. The Kier molecular flexibility index (Phi) is 6.09. The van der Waals surface area contributed by atoms with Crippen LogP contribution in [0, 0.1) is 5.92 Å². The first-order chi connectivity index (χ1) is 10.5. The normalized spacial score (nSPS) is 16.1. The molecule has 1 saturated heterocycles. The minimum atomic E-state index is 0.0407. The fourth-order valence-electron chi connectivity index (χ4n) is 2.84. The van der Waals surface area contributed by atoms with Crippen molar-refractivity contribution in [2.24, 2.45) is 5.92 Å². The molecule has 0 radical (unpaired) electrons. The van der Waals surface area contributed by atoms with Crippen molar-refractivity contribution >= 4 is 28.9 Å². The largest absolute Gasteiger partial charge is 0.359 e. The van der Waals surface area contributed by atoms with Gasteiger partial charge in [0.2, 0.25) is 5.91 Å². The van der Waals surface area contributed by atoms with Crippen molar-refractivity contribution in [3.05, 3.63) is 23.2 Å². The first-order valence-corrected chi connectivity index (χ1v) is 8.55. The van der Waals surface area contributed by atoms with E-state index >= 15 is 0 Å². The summed E-state index contributed by atoms with van der Waals surface area (Å²) in [6.45, 7) is 11.8. The SMILES string of the molecule is CC[NH+]1CCN(c2ccc(NC(=O)CC(C)C)cc2Cl)CC1. The maximum Gasteiger partial charge on any atom is 0.224 e. The molecule has 1 heterocycles. The van der Waals surface area contributed by atoms with E-state index in [1.54, 1.807) is 4.90 Å². The van der Waals surface area contributed by atoms with E-state index < -0.39 is 0 Å². The van der Waals surface area contributed by atoms with Crippen LogP contribution < -0.4 is 15.1 Å². The van der Waals surface area contributed by atoms with Crippen LogP contribution in [0.3, 0.4) is 0 Å². The second kappa shape index (κ2) is 7.84. The first-order valence-electron chi connectivity index (χ1n) is 8.17. The van der Waals surface area contributed by atoms with Crippen LogP contribution in [0.1, 0.15) is 27.2 Å². The molecule has 0 bridgehead atoms. The highest BCUT2D eigenvalue weighted by Gasteiger charge is 2.20. The average molecular weight is 325 g/mol. The highest BCUT2D eigenvalue weighted by Crippen LogP contribution is 2.29. The Bertz CT molecular complexity index is 511. The van der Waals surface area contributed by atoms with Crippen molar-refractivity contribution in [2.75, 3.05) is 42.9 Å². The van der Waals surface area contributed by atoms with Crippen molar-refractivity contribution in [1.82, 2.24) is 0 Å². The Hall–Kier alpha value is -1.26. The smallest absolute Gasteiger partial charge is 0.224 e. The standard InChI is InChI=1S/C17H26ClN3O/c1-4-20-7-9-21(10-8-20)16-6-5-14(12-15(16)18)19-17(22)11-13(2)3/h5-6,12-13H,4,7-11H2,1-3H3,(H,19,22)/p+1. The molecule has 5 heteroatoms. The third-order valence-electron chi connectivity index (χ3n) is 4.14. The molecule has 1 fully saturated rings. The van der Waals surface area contributed by atoms with Crippen LogP contribution in [0.4, 0.5) is 11.4 Å². The number of rotatable bonds is 5. The van der Waals surface area contributed by atoms with Gasteiger partial charge in [-0.25, -0.2) is 0 Å². The summed E-state index contributed by atoms with van der Waals surface area (Å²) in [6.07, 6.45) is 0.529. The van der Waals surface area contributed by atoms with Gasteiger partial charge in [-0.1, -0.05) is 25.4 Å². The Labute approximate surface area is 138 Å². The van der Waals surface area contributed by atoms with Crippen LogP contribution in [-0.4, -0.2) is 38.6 Å². The third-order valence-corrected chi connectivity index (χ3v) is 4.44. The second-order valence-electron chi connectivity index (χ2n) is 6.40. The number of likely N-dealkylation sites (N-methyl/N-ethyl adjacent to an activating group) is 1. The van der Waals surface area contributed by atoms with E-state index in [9.17, 15) is 4.79 Å². The third kappa shape index (κ3) is 4.62. The van der Waals surface area contributed by atoms with Crippen LogP contribution in [0.5, 0.6) is 0 Å². The maximum atomic E-state index is 11.8. The summed E-state index contributed by atoms with van der Waals surface area (Å²) in [6, 6.07) is 5.82. The Morgan fingerprint density at radius 1 is 1.36 bits per heavy atom. The summed E-state index contributed by atoms with van der Waals surface area (Å²) in [5.41, 5.74) is 1.84. The molecule has 22 heavy (non-hydrogen) atoms. The number of piperazine rings is 1. The van der Waals surface area contributed by atoms with Gasteiger partial charge in [-0.05, 0) is 31.0 Å². The van der Waals surface area contributed by atoms with E-state index in [2.05, 4.69) is 17.1 Å². The summed E-state index contributed by atoms with van der Waals surface area (Å²) in [5.74, 6) is 0.395. The van der Waals surface area contributed by atoms with E-state index in [-0.39, 0.29) is 5.91 Å². The summed E-state index contributed by atoms with van der Waals surface area (Å²) in [7, 11) is 0. The fourth-order valence-corrected chi connectivity index (χ4v) is 3.14. The lowest BCUT2D eigenvalue weighted by Crippen LogP contribution is -3.14. The zero-order valence-electron chi connectivity index (χ0n) is 13.8. The number of nitrogens with one attached hydrogen (secondary N) is 2. The molecular weight excluding hydrogens is 298 g/mol. The van der Waals surface area contributed by atoms with Gasteiger partial charge >= 0.3 is 0 Å². The van der Waals surface area contributed by atoms with E-state index in [0.717, 1.165) is 37.6 Å². The molecule has 0 atom stereocenters. The summed E-state index contributed by atoms with van der Waals surface area (Å²) in [5, 5.41) is 3.62. The highest BCUT2D eigenvalue weighted by molar-refractivity contribution is 6.33. The van der Waals surface area contributed by atoms with Crippen LogP contribution >= 0.6 is 11.6 Å². The maximum absolute atomic E-state index is 11.8. The van der Waals surface area contributed by atoms with Gasteiger partial charge in [-0.3, -0.25) is 4.79 Å². The van der Waals surface area contributed by atoms with E-state index in [1.165, 1.54) is 6.54 Å². The van der Waals surface area contributed by atoms with Gasteiger partial charge in [-0.15, -0.1) is 0 Å². The van der Waals surface area contributed by atoms with Crippen LogP contribution in [0.2, 0.25) is 5.02 Å². The van der Waals surface area contributed by atoms with Crippen molar-refractivity contribution < 1.29 is 9.69 Å². The van der Waals surface area contributed by atoms with Crippen LogP contribution in [0.25, 0.3) is 0 Å². The van der Waals surface area contributed by atoms with Gasteiger partial charge in [0.05, 0.1) is 43.4 Å². The van der Waals surface area contributed by atoms with Crippen molar-refractivity contribution in [3.8, 4) is 0 Å². The molecule has 1 aliphatic rings. The van der Waals surface area contributed by atoms with Crippen molar-refractivity contribution in [3.63, 3.8) is 0 Å². The summed E-state index contributed by atoms with van der Waals surface area (Å²) < 4.78 is 0. The number of amides is 1. The number of hydrogen-bond donors (Lipinski definition) is 2. The van der Waals surface area contributed by atoms with Gasteiger partial charge < -0.3 is 15.1 Å². The molecular formula is C17H27ClN3O+. The van der Waals surface area contributed by atoms with Crippen LogP contribution in [-0.2, 0) is 4.79 Å². The minimum absolute atomic E-state index is 0.0407. The molecule has 1 aromatic carbocycles. The average Bonchev–Trinajstić information content (AvgIpc) is 2.46. The molecule has 1 aliphatic heterocycles. The molecule has 0 saturated carbocycles.